The van der Waals surface area contributed by atoms with Gasteiger partial charge in [-0.25, -0.2) is 0 Å². The summed E-state index contributed by atoms with van der Waals surface area (Å²) in [6.45, 7) is 0. The molecule has 0 fully saturated rings. The maximum absolute atomic E-state index is 0. The van der Waals surface area contributed by atoms with Crippen molar-refractivity contribution in [3.63, 3.8) is 0 Å². The van der Waals surface area contributed by atoms with E-state index in [0.29, 0.717) is 0 Å². The van der Waals surface area contributed by atoms with Crippen LogP contribution in [0.15, 0.2) is 0 Å². The van der Waals surface area contributed by atoms with Gasteiger partial charge < -0.3 is 27.4 Å². The summed E-state index contributed by atoms with van der Waals surface area (Å²) in [4.78, 5) is 0. The molecule has 40 valence electrons. The Bertz CT molecular complexity index is 6.04. The molecule has 7 heavy (non-hydrogen) atoms. The zero-order valence-electron chi connectivity index (χ0n) is 3.38. The molecule has 0 bridgehead atoms. The predicted molar refractivity (Wildman–Crippen MR) is 20.8 cm³/mol. The molecule has 5 nitrogen and oxygen atoms in total. The molecule has 0 aromatic carbocycles. The minimum Gasteiger partial charge on any atom is -2.00 e. The molecular weight excluding hydrogens is 219 g/mol. The van der Waals surface area contributed by atoms with Crippen LogP contribution in [0.25, 0.3) is 0 Å². The average molecular weight is 223 g/mol. The van der Waals surface area contributed by atoms with Crippen LogP contribution in [-0.4, -0.2) is 50.5 Å². The van der Waals surface area contributed by atoms with Crippen molar-refractivity contribution in [1.82, 2.24) is 0 Å². The molecule has 0 rings (SSSR count). The van der Waals surface area contributed by atoms with Gasteiger partial charge in [0.15, 0.2) is 0 Å². The Kier molecular flexibility index (Phi) is 11400. The van der Waals surface area contributed by atoms with Crippen LogP contribution in [0.5, 0.6) is 0 Å². The summed E-state index contributed by atoms with van der Waals surface area (Å²) >= 11 is 0. The topological polar surface area (TPSA) is 148 Å². The van der Waals surface area contributed by atoms with Gasteiger partial charge in [0.2, 0.25) is 0 Å². The largest absolute Gasteiger partial charge is 3.00 e. The summed E-state index contributed by atoms with van der Waals surface area (Å²) in [6.07, 6.45) is 0. The quantitative estimate of drug-likeness (QED) is 0.391. The molecule has 7 heteroatoms. The second-order valence-electron chi connectivity index (χ2n) is 0. The molecule has 0 unspecified atom stereocenters. The second-order valence-corrected chi connectivity index (χ2v) is 0. The Morgan fingerprint density at radius 1 is 0.429 bits per heavy atom. The zero-order valence-corrected chi connectivity index (χ0v) is 8.22. The van der Waals surface area contributed by atoms with Crippen LogP contribution >= 0.6 is 0 Å². The maximum atomic E-state index is 0. The van der Waals surface area contributed by atoms with Gasteiger partial charge in [-0.2, -0.15) is 0 Å². The predicted octanol–water partition coefficient (Wildman–Crippen LogP) is -2.77. The van der Waals surface area contributed by atoms with E-state index in [1.165, 1.54) is 0 Å². The number of hydrogen-bond donors (Lipinski definition) is 0. The van der Waals surface area contributed by atoms with Crippen LogP contribution in [0, 0.1) is 0 Å². The van der Waals surface area contributed by atoms with E-state index in [1.54, 1.807) is 0 Å². The Hall–Kier alpha value is 1.07. The van der Waals surface area contributed by atoms with Crippen molar-refractivity contribution in [3.05, 3.63) is 0 Å². The van der Waals surface area contributed by atoms with Crippen LogP contribution in [-0.2, 0) is 16.4 Å². The van der Waals surface area contributed by atoms with Gasteiger partial charge in [-0.3, -0.25) is 0 Å². The van der Waals surface area contributed by atoms with Crippen molar-refractivity contribution in [2.24, 2.45) is 0 Å². The molecule has 0 aliphatic heterocycles. The average Bonchev–Trinajstić information content (AvgIpc) is 0. The molecule has 0 aromatic rings. The van der Waals surface area contributed by atoms with E-state index >= 15 is 0 Å². The van der Waals surface area contributed by atoms with E-state index in [-0.39, 0.29) is 67.0 Å². The van der Waals surface area contributed by atoms with Crippen molar-refractivity contribution in [2.45, 2.75) is 0 Å². The van der Waals surface area contributed by atoms with Gasteiger partial charge in [0.25, 0.3) is 0 Å². The maximum Gasteiger partial charge on any atom is 3.00 e. The molecule has 0 spiro atoms. The van der Waals surface area contributed by atoms with Gasteiger partial charge in [-0.15, -0.1) is 0 Å². The van der Waals surface area contributed by atoms with E-state index in [4.69, 9.17) is 0 Å². The summed E-state index contributed by atoms with van der Waals surface area (Å²) in [5.41, 5.74) is 0. The molecule has 0 saturated heterocycles. The summed E-state index contributed by atoms with van der Waals surface area (Å²) in [5, 5.41) is 0. The Morgan fingerprint density at radius 2 is 0.429 bits per heavy atom. The fraction of sp³-hybridized carbons (Fsp3) is 0. The first kappa shape index (κ1) is 351. The van der Waals surface area contributed by atoms with Gasteiger partial charge in [0.05, 0.1) is 0 Å². The van der Waals surface area contributed by atoms with Crippen LogP contribution in [0.2, 0.25) is 0 Å². The van der Waals surface area contributed by atoms with Crippen LogP contribution in [0.4, 0.5) is 0 Å². The molecule has 0 saturated carbocycles. The van der Waals surface area contributed by atoms with E-state index in [0.717, 1.165) is 0 Å². The molecule has 0 heterocycles. The third-order valence-electron chi connectivity index (χ3n) is 0. The number of hydrogen-bond acceptors (Lipinski definition) is 0. The van der Waals surface area contributed by atoms with Crippen LogP contribution < -0.4 is 0 Å². The first-order valence-corrected chi connectivity index (χ1v) is 0. The molecule has 0 aromatic heterocycles. The smallest absolute Gasteiger partial charge is 2.00 e. The second kappa shape index (κ2) is 227. The summed E-state index contributed by atoms with van der Waals surface area (Å²) in [7, 11) is 0. The van der Waals surface area contributed by atoms with Gasteiger partial charge >= 0.3 is 39.6 Å². The van der Waals surface area contributed by atoms with E-state index < -0.39 is 0 Å². The Labute approximate surface area is 67.1 Å². The summed E-state index contributed by atoms with van der Waals surface area (Å²) < 4.78 is 0. The Morgan fingerprint density at radius 3 is 0.429 bits per heavy atom. The van der Waals surface area contributed by atoms with Crippen molar-refractivity contribution in [3.8, 4) is 0 Å². The standard InChI is InChI=1S/2Ga.2H2O.3O/h;;2*1H2;;;/q2*+3;;;3*-2. The normalized spacial score (nSPS) is 0. The monoisotopic (exact) mass is 222 g/mol. The molecular formula is H4Ga2O5. The minimum absolute atomic E-state index is 0. The fourth-order valence-corrected chi connectivity index (χ4v) is 0. The zero-order chi connectivity index (χ0) is 0. The first-order chi connectivity index (χ1) is 0. The van der Waals surface area contributed by atoms with Gasteiger partial charge in [0.1, 0.15) is 0 Å². The molecule has 0 radical (unpaired) electrons. The SMILES string of the molecule is O.O.[Ga+3].[Ga+3].[O-2].[O-2].[O-2]. The van der Waals surface area contributed by atoms with E-state index in [1.807, 2.05) is 0 Å². The summed E-state index contributed by atoms with van der Waals surface area (Å²) in [5.74, 6) is 0. The molecule has 0 aliphatic carbocycles. The Balaban J connectivity index is 0. The van der Waals surface area contributed by atoms with Crippen LogP contribution in [0.3, 0.4) is 0 Å². The van der Waals surface area contributed by atoms with Gasteiger partial charge in [-0.05, 0) is 0 Å². The summed E-state index contributed by atoms with van der Waals surface area (Å²) in [6, 6.07) is 0. The van der Waals surface area contributed by atoms with E-state index in [9.17, 15) is 0 Å². The first-order valence-electron chi connectivity index (χ1n) is 0. The minimum atomic E-state index is 0. The van der Waals surface area contributed by atoms with Crippen molar-refractivity contribution in [1.29, 1.82) is 0 Å². The van der Waals surface area contributed by atoms with Gasteiger partial charge in [0, 0.05) is 0 Å². The molecule has 0 amide bonds. The van der Waals surface area contributed by atoms with Crippen molar-refractivity contribution < 1.29 is 27.4 Å². The van der Waals surface area contributed by atoms with Gasteiger partial charge in [-0.1, -0.05) is 0 Å². The van der Waals surface area contributed by atoms with Crippen molar-refractivity contribution in [2.75, 3.05) is 0 Å². The fourth-order valence-electron chi connectivity index (χ4n) is 0. The molecule has 0 aliphatic rings. The molecule has 0 atom stereocenters. The van der Waals surface area contributed by atoms with E-state index in [2.05, 4.69) is 0 Å². The number of rotatable bonds is 0. The third-order valence-corrected chi connectivity index (χ3v) is 0. The molecule has 4 N–H and O–H groups in total. The van der Waals surface area contributed by atoms with Crippen LogP contribution in [0.1, 0.15) is 0 Å². The third kappa shape index (κ3) is 158. The van der Waals surface area contributed by atoms with Crippen molar-refractivity contribution >= 4 is 39.6 Å².